The van der Waals surface area contributed by atoms with Crippen molar-refractivity contribution in [2.24, 2.45) is 0 Å². The van der Waals surface area contributed by atoms with Crippen LogP contribution in [0, 0.1) is 11.3 Å². The van der Waals surface area contributed by atoms with Gasteiger partial charge in [-0.05, 0) is 115 Å². The molecule has 0 amide bonds. The Morgan fingerprint density at radius 1 is 0.540 bits per heavy atom. The number of nitriles is 1. The molecule has 0 N–H and O–H groups in total. The fourth-order valence-corrected chi connectivity index (χ4v) is 7.88. The van der Waals surface area contributed by atoms with Crippen molar-refractivity contribution in [2.75, 3.05) is 4.90 Å². The molecule has 9 rings (SSSR count). The fourth-order valence-electron chi connectivity index (χ4n) is 7.88. The summed E-state index contributed by atoms with van der Waals surface area (Å²) in [5, 5.41) is 17.2. The largest absolute Gasteiger partial charge is 0.310 e. The van der Waals surface area contributed by atoms with Crippen LogP contribution in [0.4, 0.5) is 17.1 Å². The van der Waals surface area contributed by atoms with E-state index in [1.165, 1.54) is 49.2 Å². The Balaban J connectivity index is 1.05. The normalized spacial score (nSPS) is 13.1. The average molecular weight is 639 g/mol. The Hall–Kier alpha value is -6.43. The van der Waals surface area contributed by atoms with Gasteiger partial charge in [-0.2, -0.15) is 5.26 Å². The highest BCUT2D eigenvalue weighted by Crippen LogP contribution is 2.50. The molecule has 2 nitrogen and oxygen atoms in total. The van der Waals surface area contributed by atoms with Crippen LogP contribution >= 0.6 is 0 Å². The Morgan fingerprint density at radius 3 is 2.02 bits per heavy atom. The molecule has 0 spiro atoms. The van der Waals surface area contributed by atoms with Crippen molar-refractivity contribution in [1.29, 1.82) is 5.26 Å². The molecule has 1 aliphatic carbocycles. The van der Waals surface area contributed by atoms with E-state index < -0.39 is 0 Å². The number of para-hydroxylation sites is 1. The van der Waals surface area contributed by atoms with Gasteiger partial charge in [0.2, 0.25) is 0 Å². The van der Waals surface area contributed by atoms with Crippen LogP contribution in [0.3, 0.4) is 0 Å². The van der Waals surface area contributed by atoms with Gasteiger partial charge in [0.15, 0.2) is 0 Å². The lowest BCUT2D eigenvalue weighted by Gasteiger charge is -2.27. The molecule has 236 valence electrons. The van der Waals surface area contributed by atoms with Gasteiger partial charge in [0.1, 0.15) is 0 Å². The summed E-state index contributed by atoms with van der Waals surface area (Å²) >= 11 is 0. The third kappa shape index (κ3) is 4.79. The molecule has 0 bridgehead atoms. The minimum Gasteiger partial charge on any atom is -0.310 e. The molecule has 0 atom stereocenters. The summed E-state index contributed by atoms with van der Waals surface area (Å²) in [5.41, 5.74) is 11.4. The predicted octanol–water partition coefficient (Wildman–Crippen LogP) is 13.0. The van der Waals surface area contributed by atoms with E-state index in [2.05, 4.69) is 164 Å². The molecular formula is C48H34N2. The zero-order valence-corrected chi connectivity index (χ0v) is 28.1. The summed E-state index contributed by atoms with van der Waals surface area (Å²) in [6.07, 6.45) is 4.43. The van der Waals surface area contributed by atoms with E-state index >= 15 is 0 Å². The molecule has 0 saturated carbocycles. The highest BCUT2D eigenvalue weighted by molar-refractivity contribution is 6.15. The Labute approximate surface area is 292 Å². The molecule has 0 aliphatic heterocycles. The van der Waals surface area contributed by atoms with Crippen molar-refractivity contribution in [1.82, 2.24) is 0 Å². The topological polar surface area (TPSA) is 27.0 Å². The first-order valence-corrected chi connectivity index (χ1v) is 17.2. The lowest BCUT2D eigenvalue weighted by molar-refractivity contribution is 0.663. The number of nitrogens with zero attached hydrogens (tertiary/aromatic N) is 2. The number of fused-ring (bicyclic) bond motifs is 1. The first kappa shape index (κ1) is 29.7. The van der Waals surface area contributed by atoms with E-state index in [-0.39, 0.29) is 5.41 Å². The molecular weight excluding hydrogens is 605 g/mol. The van der Waals surface area contributed by atoms with Crippen LogP contribution in [0.1, 0.15) is 41.7 Å². The summed E-state index contributed by atoms with van der Waals surface area (Å²) in [4.78, 5) is 2.26. The van der Waals surface area contributed by atoms with Gasteiger partial charge in [-0.25, -0.2) is 0 Å². The van der Waals surface area contributed by atoms with Crippen molar-refractivity contribution < 1.29 is 0 Å². The average Bonchev–Trinajstić information content (AvgIpc) is 3.41. The Morgan fingerprint density at radius 2 is 1.24 bits per heavy atom. The second kappa shape index (κ2) is 11.6. The van der Waals surface area contributed by atoms with Crippen LogP contribution in [-0.2, 0) is 5.41 Å². The van der Waals surface area contributed by atoms with E-state index in [9.17, 15) is 5.26 Å². The number of hydrogen-bond donors (Lipinski definition) is 0. The quantitative estimate of drug-likeness (QED) is 0.134. The molecule has 8 aromatic carbocycles. The minimum atomic E-state index is -0.0292. The van der Waals surface area contributed by atoms with Crippen molar-refractivity contribution in [3.63, 3.8) is 0 Å². The molecule has 0 fully saturated rings. The van der Waals surface area contributed by atoms with Crippen LogP contribution in [0.25, 0.3) is 55.6 Å². The van der Waals surface area contributed by atoms with Gasteiger partial charge in [-0.15, -0.1) is 0 Å². The molecule has 0 saturated heterocycles. The maximum absolute atomic E-state index is 9.40. The lowest BCUT2D eigenvalue weighted by Crippen LogP contribution is -2.15. The maximum Gasteiger partial charge on any atom is 0.0991 e. The van der Waals surface area contributed by atoms with Gasteiger partial charge < -0.3 is 4.90 Å². The van der Waals surface area contributed by atoms with Gasteiger partial charge in [0, 0.05) is 22.2 Å². The summed E-state index contributed by atoms with van der Waals surface area (Å²) in [6.45, 7) is 4.72. The second-order valence-electron chi connectivity index (χ2n) is 13.7. The van der Waals surface area contributed by atoms with Crippen LogP contribution in [0.2, 0.25) is 0 Å². The number of anilines is 3. The second-order valence-corrected chi connectivity index (χ2v) is 13.7. The highest BCUT2D eigenvalue weighted by atomic mass is 15.1. The number of benzene rings is 8. The van der Waals surface area contributed by atoms with E-state index in [0.29, 0.717) is 5.56 Å². The monoisotopic (exact) mass is 638 g/mol. The SMILES string of the molecule is CC1(C)c2cccc3ccc4cc(-c5ccc(C=Cc6ccc(N(c7ccccc7)c7ccc(C#N)cc7)c7ccccc67)cc5)cc1c4c23. The first-order valence-electron chi connectivity index (χ1n) is 17.2. The molecule has 0 heterocycles. The molecule has 50 heavy (non-hydrogen) atoms. The first-order chi connectivity index (χ1) is 24.5. The smallest absolute Gasteiger partial charge is 0.0991 e. The summed E-state index contributed by atoms with van der Waals surface area (Å²) in [7, 11) is 0. The fraction of sp³-hybridized carbons (Fsp3) is 0.0625. The molecule has 2 heteroatoms. The molecule has 1 aliphatic rings. The minimum absolute atomic E-state index is 0.0292. The summed E-state index contributed by atoms with van der Waals surface area (Å²) in [5.74, 6) is 0. The summed E-state index contributed by atoms with van der Waals surface area (Å²) < 4.78 is 0. The standard InChI is InChI=1S/C48H34N2/c1-48(2)43-14-8-9-36-23-24-37-29-38(30-44(48)47(37)46(36)43)34-20-15-32(16-21-34)17-22-35-25-28-45(42-13-7-6-12-41(35)42)50(39-10-4-3-5-11-39)40-26-18-33(31-49)19-27-40/h3-30H,1-2H3. The van der Waals surface area contributed by atoms with Crippen molar-refractivity contribution >= 4 is 61.5 Å². The van der Waals surface area contributed by atoms with Crippen LogP contribution in [-0.4, -0.2) is 0 Å². The zero-order valence-electron chi connectivity index (χ0n) is 28.1. The van der Waals surface area contributed by atoms with Crippen LogP contribution < -0.4 is 4.90 Å². The predicted molar refractivity (Wildman–Crippen MR) is 211 cm³/mol. The van der Waals surface area contributed by atoms with E-state index in [1.54, 1.807) is 0 Å². The van der Waals surface area contributed by atoms with Crippen molar-refractivity contribution in [3.05, 3.63) is 186 Å². The number of hydrogen-bond acceptors (Lipinski definition) is 2. The zero-order chi connectivity index (χ0) is 33.8. The molecule has 0 aromatic heterocycles. The van der Waals surface area contributed by atoms with Crippen LogP contribution in [0.5, 0.6) is 0 Å². The third-order valence-corrected chi connectivity index (χ3v) is 10.4. The maximum atomic E-state index is 9.40. The Bertz CT molecular complexity index is 2660. The third-order valence-electron chi connectivity index (χ3n) is 10.4. The van der Waals surface area contributed by atoms with Gasteiger partial charge >= 0.3 is 0 Å². The molecule has 0 unspecified atom stereocenters. The van der Waals surface area contributed by atoms with Crippen molar-refractivity contribution in [3.8, 4) is 17.2 Å². The van der Waals surface area contributed by atoms with E-state index in [0.717, 1.165) is 33.6 Å². The van der Waals surface area contributed by atoms with E-state index in [1.807, 2.05) is 30.3 Å². The lowest BCUT2D eigenvalue weighted by atomic mass is 9.81. The Kier molecular flexibility index (Phi) is 6.90. The molecule has 8 aromatic rings. The number of rotatable bonds is 6. The van der Waals surface area contributed by atoms with Crippen molar-refractivity contribution in [2.45, 2.75) is 19.3 Å². The van der Waals surface area contributed by atoms with Gasteiger partial charge in [-0.3, -0.25) is 0 Å². The highest BCUT2D eigenvalue weighted by Gasteiger charge is 2.34. The molecule has 0 radical (unpaired) electrons. The van der Waals surface area contributed by atoms with E-state index in [4.69, 9.17) is 0 Å². The summed E-state index contributed by atoms with van der Waals surface area (Å²) in [6, 6.07) is 58.4. The van der Waals surface area contributed by atoms with Gasteiger partial charge in [0.25, 0.3) is 0 Å². The van der Waals surface area contributed by atoms with Gasteiger partial charge in [-0.1, -0.05) is 129 Å². The van der Waals surface area contributed by atoms with Crippen LogP contribution in [0.15, 0.2) is 158 Å². The van der Waals surface area contributed by atoms with Gasteiger partial charge in [0.05, 0.1) is 17.3 Å².